The number of nitrogens with one attached hydrogen (secondary N) is 2. The number of rotatable bonds is 6. The maximum absolute atomic E-state index is 12.7. The number of fused-ring (bicyclic) bond motifs is 2. The highest BCUT2D eigenvalue weighted by Crippen LogP contribution is 2.27. The first-order valence-electron chi connectivity index (χ1n) is 12.7. The lowest BCUT2D eigenvalue weighted by Crippen LogP contribution is -2.23. The second kappa shape index (κ2) is 11.3. The molecule has 0 heterocycles. The molecule has 0 saturated heterocycles. The van der Waals surface area contributed by atoms with Gasteiger partial charge in [0.05, 0.1) is 25.6 Å². The van der Waals surface area contributed by atoms with Gasteiger partial charge in [0.25, 0.3) is 11.8 Å². The van der Waals surface area contributed by atoms with Crippen LogP contribution in [-0.2, 0) is 12.8 Å². The molecule has 194 valence electrons. The smallest absolute Gasteiger partial charge is 0.271 e. The molecule has 8 heteroatoms. The van der Waals surface area contributed by atoms with Crippen LogP contribution in [0.4, 0.5) is 0 Å². The number of ether oxygens (including phenoxy) is 2. The van der Waals surface area contributed by atoms with Crippen molar-refractivity contribution in [1.82, 2.24) is 10.9 Å². The molecule has 0 bridgehead atoms. The monoisotopic (exact) mass is 510 g/mol. The van der Waals surface area contributed by atoms with E-state index in [2.05, 4.69) is 21.1 Å². The molecule has 0 fully saturated rings. The lowest BCUT2D eigenvalue weighted by atomic mass is 9.90. The van der Waals surface area contributed by atoms with Gasteiger partial charge in [-0.15, -0.1) is 0 Å². The largest absolute Gasteiger partial charge is 0.497 e. The molecule has 2 N–H and O–H groups in total. The highest BCUT2D eigenvalue weighted by atomic mass is 16.5. The molecule has 2 aliphatic rings. The predicted molar refractivity (Wildman–Crippen MR) is 146 cm³/mol. The minimum Gasteiger partial charge on any atom is -0.497 e. The van der Waals surface area contributed by atoms with Gasteiger partial charge in [0, 0.05) is 22.3 Å². The SMILES string of the molecule is COc1ccc2c(c1)CCC/C2=N/NC(=O)c1ccc(C(=O)N/N=C2/CCCc3cc(OC)ccc32)cc1. The molecule has 0 aromatic heterocycles. The first kappa shape index (κ1) is 25.2. The summed E-state index contributed by atoms with van der Waals surface area (Å²) in [5.41, 5.74) is 12.2. The van der Waals surface area contributed by atoms with E-state index in [1.54, 1.807) is 38.5 Å². The molecule has 2 amide bonds. The fourth-order valence-electron chi connectivity index (χ4n) is 4.90. The van der Waals surface area contributed by atoms with E-state index in [0.717, 1.165) is 72.6 Å². The molecule has 3 aromatic carbocycles. The number of hydrogen-bond acceptors (Lipinski definition) is 6. The summed E-state index contributed by atoms with van der Waals surface area (Å²) in [5, 5.41) is 8.79. The van der Waals surface area contributed by atoms with Crippen molar-refractivity contribution in [3.05, 3.63) is 94.0 Å². The van der Waals surface area contributed by atoms with Crippen LogP contribution in [-0.4, -0.2) is 37.5 Å². The van der Waals surface area contributed by atoms with E-state index in [4.69, 9.17) is 9.47 Å². The van der Waals surface area contributed by atoms with Crippen molar-refractivity contribution in [3.63, 3.8) is 0 Å². The van der Waals surface area contributed by atoms with Gasteiger partial charge in [0.2, 0.25) is 0 Å². The van der Waals surface area contributed by atoms with Crippen molar-refractivity contribution < 1.29 is 19.1 Å². The third kappa shape index (κ3) is 5.44. The molecule has 0 saturated carbocycles. The molecule has 3 aromatic rings. The molecule has 5 rings (SSSR count). The summed E-state index contributed by atoms with van der Waals surface area (Å²) >= 11 is 0. The van der Waals surface area contributed by atoms with Crippen LogP contribution in [0.5, 0.6) is 11.5 Å². The van der Waals surface area contributed by atoms with Crippen LogP contribution in [0, 0.1) is 0 Å². The van der Waals surface area contributed by atoms with Gasteiger partial charge in [-0.05, 0) is 110 Å². The van der Waals surface area contributed by atoms with E-state index >= 15 is 0 Å². The van der Waals surface area contributed by atoms with Gasteiger partial charge >= 0.3 is 0 Å². The zero-order valence-electron chi connectivity index (χ0n) is 21.5. The number of nitrogens with zero attached hydrogens (tertiary/aromatic N) is 2. The zero-order valence-corrected chi connectivity index (χ0v) is 21.5. The highest BCUT2D eigenvalue weighted by Gasteiger charge is 2.18. The van der Waals surface area contributed by atoms with Crippen molar-refractivity contribution in [1.29, 1.82) is 0 Å². The first-order chi connectivity index (χ1) is 18.6. The number of aryl methyl sites for hydroxylation is 2. The predicted octanol–water partition coefficient (Wildman–Crippen LogP) is 4.64. The summed E-state index contributed by atoms with van der Waals surface area (Å²) in [6, 6.07) is 18.3. The zero-order chi connectivity index (χ0) is 26.5. The van der Waals surface area contributed by atoms with Gasteiger partial charge in [-0.25, -0.2) is 10.9 Å². The van der Waals surface area contributed by atoms with Crippen LogP contribution in [0.25, 0.3) is 0 Å². The molecule has 0 radical (unpaired) electrons. The third-order valence-electron chi connectivity index (χ3n) is 6.96. The van der Waals surface area contributed by atoms with Crippen LogP contribution in [0.1, 0.15) is 68.7 Å². The van der Waals surface area contributed by atoms with E-state index in [-0.39, 0.29) is 11.8 Å². The van der Waals surface area contributed by atoms with Crippen molar-refractivity contribution in [2.75, 3.05) is 14.2 Å². The number of methoxy groups -OCH3 is 2. The Bertz CT molecular complexity index is 1320. The van der Waals surface area contributed by atoms with Gasteiger partial charge in [-0.2, -0.15) is 10.2 Å². The summed E-state index contributed by atoms with van der Waals surface area (Å²) in [5.74, 6) is 0.960. The Kier molecular flexibility index (Phi) is 7.49. The Hall–Kier alpha value is -4.46. The molecule has 2 aliphatic carbocycles. The number of hydrogen-bond donors (Lipinski definition) is 2. The van der Waals surface area contributed by atoms with Crippen LogP contribution >= 0.6 is 0 Å². The first-order valence-corrected chi connectivity index (χ1v) is 12.7. The molecule has 0 unspecified atom stereocenters. The molecule has 0 spiro atoms. The van der Waals surface area contributed by atoms with E-state index in [0.29, 0.717) is 11.1 Å². The summed E-state index contributed by atoms with van der Waals surface area (Å²) in [6.45, 7) is 0. The van der Waals surface area contributed by atoms with Crippen LogP contribution in [0.2, 0.25) is 0 Å². The number of benzene rings is 3. The summed E-state index contributed by atoms with van der Waals surface area (Å²) in [7, 11) is 3.30. The quantitative estimate of drug-likeness (QED) is 0.472. The maximum atomic E-state index is 12.7. The fourth-order valence-corrected chi connectivity index (χ4v) is 4.90. The van der Waals surface area contributed by atoms with Crippen molar-refractivity contribution in [2.24, 2.45) is 10.2 Å². The Morgan fingerprint density at radius 1 is 0.632 bits per heavy atom. The second-order valence-corrected chi connectivity index (χ2v) is 9.33. The Labute approximate surface area is 221 Å². The average molecular weight is 511 g/mol. The third-order valence-corrected chi connectivity index (χ3v) is 6.96. The average Bonchev–Trinajstić information content (AvgIpc) is 2.97. The van der Waals surface area contributed by atoms with Crippen molar-refractivity contribution in [2.45, 2.75) is 38.5 Å². The van der Waals surface area contributed by atoms with Gasteiger partial charge in [0.15, 0.2) is 0 Å². The van der Waals surface area contributed by atoms with Gasteiger partial charge in [-0.3, -0.25) is 9.59 Å². The standard InChI is InChI=1S/C30H30N4O4/c1-37-23-13-15-25-21(17-23)5-3-7-27(25)31-33-29(35)19-9-11-20(12-10-19)30(36)34-32-28-8-4-6-22-18-24(38-2)14-16-26(22)28/h9-18H,3-8H2,1-2H3,(H,33,35)(H,34,36)/b31-27-,32-28-. The number of amides is 2. The molecule has 38 heavy (non-hydrogen) atoms. The van der Waals surface area contributed by atoms with Crippen molar-refractivity contribution in [3.8, 4) is 11.5 Å². The van der Waals surface area contributed by atoms with Crippen LogP contribution < -0.4 is 20.3 Å². The van der Waals surface area contributed by atoms with Crippen LogP contribution in [0.3, 0.4) is 0 Å². The Balaban J connectivity index is 1.22. The second-order valence-electron chi connectivity index (χ2n) is 9.33. The highest BCUT2D eigenvalue weighted by molar-refractivity contribution is 6.05. The number of carbonyl (C=O) groups is 2. The molecular weight excluding hydrogens is 480 g/mol. The van der Waals surface area contributed by atoms with Gasteiger partial charge in [0.1, 0.15) is 11.5 Å². The molecular formula is C30H30N4O4. The fraction of sp³-hybridized carbons (Fsp3) is 0.267. The van der Waals surface area contributed by atoms with Gasteiger partial charge in [-0.1, -0.05) is 0 Å². The van der Waals surface area contributed by atoms with E-state index in [9.17, 15) is 9.59 Å². The van der Waals surface area contributed by atoms with Crippen LogP contribution in [0.15, 0.2) is 70.9 Å². The summed E-state index contributed by atoms with van der Waals surface area (Å²) in [4.78, 5) is 25.4. The number of carbonyl (C=O) groups excluding carboxylic acids is 2. The molecule has 0 atom stereocenters. The topological polar surface area (TPSA) is 101 Å². The Morgan fingerprint density at radius 2 is 1.05 bits per heavy atom. The van der Waals surface area contributed by atoms with Crippen molar-refractivity contribution >= 4 is 23.2 Å². The molecule has 8 nitrogen and oxygen atoms in total. The maximum Gasteiger partial charge on any atom is 0.271 e. The minimum absolute atomic E-state index is 0.334. The minimum atomic E-state index is -0.334. The summed E-state index contributed by atoms with van der Waals surface area (Å²) < 4.78 is 10.6. The lowest BCUT2D eigenvalue weighted by molar-refractivity contribution is 0.0943. The molecule has 0 aliphatic heterocycles. The van der Waals surface area contributed by atoms with E-state index in [1.165, 1.54) is 11.1 Å². The number of hydrazone groups is 2. The summed E-state index contributed by atoms with van der Waals surface area (Å²) in [6.07, 6.45) is 5.41. The van der Waals surface area contributed by atoms with E-state index in [1.807, 2.05) is 36.4 Å². The Morgan fingerprint density at radius 3 is 1.45 bits per heavy atom. The normalized spacial score (nSPS) is 16.4. The van der Waals surface area contributed by atoms with Gasteiger partial charge < -0.3 is 9.47 Å². The van der Waals surface area contributed by atoms with E-state index < -0.39 is 0 Å². The lowest BCUT2D eigenvalue weighted by Gasteiger charge is -2.18.